The van der Waals surface area contributed by atoms with Gasteiger partial charge in [-0.15, -0.1) is 0 Å². The van der Waals surface area contributed by atoms with Crippen molar-refractivity contribution in [3.8, 4) is 22.3 Å². The fourth-order valence-electron chi connectivity index (χ4n) is 6.79. The van der Waals surface area contributed by atoms with Crippen molar-refractivity contribution in [1.29, 1.82) is 0 Å². The minimum atomic E-state index is 0.114. The summed E-state index contributed by atoms with van der Waals surface area (Å²) in [5.41, 5.74) is 14.5. The van der Waals surface area contributed by atoms with Gasteiger partial charge in [-0.1, -0.05) is 129 Å². The third kappa shape index (κ3) is 4.14. The summed E-state index contributed by atoms with van der Waals surface area (Å²) in [5.74, 6) is 1.05. The molecule has 6 rings (SSSR count). The maximum absolute atomic E-state index is 3.78. The Morgan fingerprint density at radius 3 is 1.29 bits per heavy atom. The molecule has 0 N–H and O–H groups in total. The van der Waals surface area contributed by atoms with Crippen molar-refractivity contribution >= 4 is 31.9 Å². The highest BCUT2D eigenvalue weighted by molar-refractivity contribution is 9.10. The van der Waals surface area contributed by atoms with Crippen molar-refractivity contribution in [3.05, 3.63) is 115 Å². The molecule has 0 amide bonds. The first kappa shape index (κ1) is 26.1. The van der Waals surface area contributed by atoms with Crippen LogP contribution in [0.3, 0.4) is 0 Å². The van der Waals surface area contributed by atoms with Crippen molar-refractivity contribution in [2.45, 2.75) is 71.1 Å². The molecule has 2 aliphatic rings. The monoisotopic (exact) mass is 626 g/mol. The van der Waals surface area contributed by atoms with Gasteiger partial charge in [-0.25, -0.2) is 0 Å². The van der Waals surface area contributed by atoms with Crippen LogP contribution in [0.25, 0.3) is 22.3 Å². The number of hydrogen-bond acceptors (Lipinski definition) is 0. The third-order valence-electron chi connectivity index (χ3n) is 8.84. The average molecular weight is 628 g/mol. The van der Waals surface area contributed by atoms with E-state index in [0.29, 0.717) is 17.8 Å². The van der Waals surface area contributed by atoms with Gasteiger partial charge >= 0.3 is 0 Å². The number of hydrogen-bond donors (Lipinski definition) is 0. The van der Waals surface area contributed by atoms with E-state index in [4.69, 9.17) is 0 Å². The Morgan fingerprint density at radius 2 is 0.895 bits per heavy atom. The second-order valence-electron chi connectivity index (χ2n) is 13.4. The molecular formula is C36H36Br2. The third-order valence-corrected chi connectivity index (χ3v) is 9.82. The van der Waals surface area contributed by atoms with Crippen molar-refractivity contribution in [1.82, 2.24) is 0 Å². The first-order valence-corrected chi connectivity index (χ1v) is 15.3. The lowest BCUT2D eigenvalue weighted by Crippen LogP contribution is -2.18. The second kappa shape index (κ2) is 8.93. The summed E-state index contributed by atoms with van der Waals surface area (Å²) in [5, 5.41) is 0. The highest BCUT2D eigenvalue weighted by Crippen LogP contribution is 2.58. The summed E-state index contributed by atoms with van der Waals surface area (Å²) in [7, 11) is 0. The summed E-state index contributed by atoms with van der Waals surface area (Å²) in [4.78, 5) is 0. The summed E-state index contributed by atoms with van der Waals surface area (Å²) in [6.45, 7) is 16.4. The van der Waals surface area contributed by atoms with Crippen LogP contribution in [0, 0.1) is 5.92 Å². The molecule has 0 nitrogen and oxygen atoms in total. The largest absolute Gasteiger partial charge is 0.0607 e. The van der Waals surface area contributed by atoms with Gasteiger partial charge in [0.1, 0.15) is 0 Å². The van der Waals surface area contributed by atoms with Crippen molar-refractivity contribution in [2.75, 3.05) is 0 Å². The van der Waals surface area contributed by atoms with E-state index >= 15 is 0 Å². The molecule has 0 aromatic heterocycles. The molecule has 1 atom stereocenters. The lowest BCUT2D eigenvalue weighted by atomic mass is 9.73. The molecule has 38 heavy (non-hydrogen) atoms. The predicted octanol–water partition coefficient (Wildman–Crippen LogP) is 11.4. The molecule has 2 aliphatic carbocycles. The van der Waals surface area contributed by atoms with E-state index in [0.717, 1.165) is 8.95 Å². The van der Waals surface area contributed by atoms with Crippen LogP contribution in [-0.4, -0.2) is 0 Å². The van der Waals surface area contributed by atoms with Crippen molar-refractivity contribution < 1.29 is 0 Å². The van der Waals surface area contributed by atoms with Crippen molar-refractivity contribution in [3.63, 3.8) is 0 Å². The lowest BCUT2D eigenvalue weighted by molar-refractivity contribution is 0.467. The number of benzene rings is 4. The Kier molecular flexibility index (Phi) is 6.13. The Bertz CT molecular complexity index is 1460. The molecule has 0 saturated carbocycles. The molecule has 0 heterocycles. The maximum atomic E-state index is 3.78. The molecule has 194 valence electrons. The lowest BCUT2D eigenvalue weighted by Gasteiger charge is -2.30. The standard InChI is InChI=1S/C36H36Br2/c1-20(34-31-18-23(37)10-14-25(31)26-15-11-24(38)19-32(26)34)33-27-12-8-21(35(2,3)4)16-29(27)30-17-22(36(5,6)7)9-13-28(30)33/h8-20,33-34H,1-7H3. The summed E-state index contributed by atoms with van der Waals surface area (Å²) in [6, 6.07) is 28.2. The summed E-state index contributed by atoms with van der Waals surface area (Å²) < 4.78 is 2.30. The van der Waals surface area contributed by atoms with Gasteiger partial charge in [-0.05, 0) is 96.6 Å². The average Bonchev–Trinajstić information content (AvgIpc) is 3.33. The molecule has 4 aromatic carbocycles. The van der Waals surface area contributed by atoms with Gasteiger partial charge in [0.05, 0.1) is 0 Å². The molecule has 2 heteroatoms. The zero-order valence-electron chi connectivity index (χ0n) is 23.4. The molecular weight excluding hydrogens is 592 g/mol. The number of halogens is 2. The Balaban J connectivity index is 1.56. The van der Waals surface area contributed by atoms with Gasteiger partial charge in [0, 0.05) is 20.8 Å². The molecule has 0 bridgehead atoms. The van der Waals surface area contributed by atoms with Gasteiger partial charge < -0.3 is 0 Å². The van der Waals surface area contributed by atoms with Gasteiger partial charge in [0.25, 0.3) is 0 Å². The summed E-state index contributed by atoms with van der Waals surface area (Å²) in [6.07, 6.45) is 0. The zero-order chi connectivity index (χ0) is 27.1. The quantitative estimate of drug-likeness (QED) is 0.207. The highest BCUT2D eigenvalue weighted by Gasteiger charge is 2.41. The molecule has 4 aromatic rings. The maximum Gasteiger partial charge on any atom is 0.0178 e. The highest BCUT2D eigenvalue weighted by atomic mass is 79.9. The number of fused-ring (bicyclic) bond motifs is 6. The minimum Gasteiger partial charge on any atom is -0.0607 e. The van der Waals surface area contributed by atoms with Crippen LogP contribution < -0.4 is 0 Å². The Hall–Kier alpha value is -2.16. The van der Waals surface area contributed by atoms with Crippen LogP contribution in [0.5, 0.6) is 0 Å². The van der Waals surface area contributed by atoms with E-state index in [9.17, 15) is 0 Å². The SMILES string of the molecule is CC(C1c2ccc(C(C)(C)C)cc2-c2cc(C(C)(C)C)ccc21)C1c2cc(Br)ccc2-c2ccc(Br)cc21. The summed E-state index contributed by atoms with van der Waals surface area (Å²) >= 11 is 7.56. The van der Waals surface area contributed by atoms with Gasteiger partial charge in [-0.3, -0.25) is 0 Å². The topological polar surface area (TPSA) is 0 Å². The molecule has 0 fully saturated rings. The molecule has 0 radical (unpaired) electrons. The predicted molar refractivity (Wildman–Crippen MR) is 169 cm³/mol. The molecule has 0 spiro atoms. The van der Waals surface area contributed by atoms with E-state index in [1.807, 2.05) is 0 Å². The van der Waals surface area contributed by atoms with E-state index in [-0.39, 0.29) is 10.8 Å². The van der Waals surface area contributed by atoms with Crippen LogP contribution in [-0.2, 0) is 10.8 Å². The minimum absolute atomic E-state index is 0.114. The van der Waals surface area contributed by atoms with E-state index in [1.54, 1.807) is 0 Å². The smallest absolute Gasteiger partial charge is 0.0178 e. The fraction of sp³-hybridized carbons (Fsp3) is 0.333. The van der Waals surface area contributed by atoms with Gasteiger partial charge in [0.2, 0.25) is 0 Å². The van der Waals surface area contributed by atoms with E-state index in [1.165, 1.54) is 55.6 Å². The first-order chi connectivity index (χ1) is 17.8. The zero-order valence-corrected chi connectivity index (χ0v) is 26.6. The van der Waals surface area contributed by atoms with Crippen LogP contribution >= 0.6 is 31.9 Å². The fourth-order valence-corrected chi connectivity index (χ4v) is 7.54. The number of rotatable bonds is 2. The van der Waals surface area contributed by atoms with E-state index in [2.05, 4.69) is 153 Å². The van der Waals surface area contributed by atoms with Crippen LogP contribution in [0.1, 0.15) is 93.7 Å². The molecule has 1 unspecified atom stereocenters. The Morgan fingerprint density at radius 1 is 0.500 bits per heavy atom. The normalized spacial score (nSPS) is 15.7. The van der Waals surface area contributed by atoms with Crippen LogP contribution in [0.4, 0.5) is 0 Å². The van der Waals surface area contributed by atoms with Gasteiger partial charge in [0.15, 0.2) is 0 Å². The van der Waals surface area contributed by atoms with Crippen LogP contribution in [0.2, 0.25) is 0 Å². The van der Waals surface area contributed by atoms with E-state index < -0.39 is 0 Å². The van der Waals surface area contributed by atoms with Gasteiger partial charge in [-0.2, -0.15) is 0 Å². The van der Waals surface area contributed by atoms with Crippen LogP contribution in [0.15, 0.2) is 81.7 Å². The second-order valence-corrected chi connectivity index (χ2v) is 15.2. The molecule has 0 aliphatic heterocycles. The Labute approximate surface area is 245 Å². The van der Waals surface area contributed by atoms with Crippen molar-refractivity contribution in [2.24, 2.45) is 5.92 Å². The molecule has 0 saturated heterocycles. The first-order valence-electron chi connectivity index (χ1n) is 13.7.